The molecule has 0 saturated heterocycles. The number of rotatable bonds is 4. The van der Waals surface area contributed by atoms with Crippen LogP contribution in [0.1, 0.15) is 29.3 Å². The van der Waals surface area contributed by atoms with Crippen molar-refractivity contribution in [2.24, 2.45) is 10.7 Å². The number of aliphatic imine (C=N–C) groups is 1. The molecule has 1 heterocycles. The molecule has 0 aromatic heterocycles. The number of halogens is 1. The zero-order chi connectivity index (χ0) is 18.7. The lowest BCUT2D eigenvalue weighted by molar-refractivity contribution is 0.102. The van der Waals surface area contributed by atoms with Crippen molar-refractivity contribution in [3.05, 3.63) is 58.1 Å². The number of methoxy groups -OCH3 is 1. The predicted molar refractivity (Wildman–Crippen MR) is 111 cm³/mol. The van der Waals surface area contributed by atoms with Crippen molar-refractivity contribution in [3.63, 3.8) is 0 Å². The second-order valence-corrected chi connectivity index (χ2v) is 8.17. The number of amidine groups is 1. The van der Waals surface area contributed by atoms with Crippen molar-refractivity contribution >= 4 is 44.5 Å². The number of carbonyl (C=O) groups is 1. The molecule has 1 amide bonds. The average Bonchev–Trinajstić information content (AvgIpc) is 2.62. The van der Waals surface area contributed by atoms with Crippen molar-refractivity contribution in [2.75, 3.05) is 18.2 Å². The van der Waals surface area contributed by atoms with Gasteiger partial charge in [-0.05, 0) is 65.2 Å². The van der Waals surface area contributed by atoms with Crippen LogP contribution in [0.4, 0.5) is 5.69 Å². The number of ether oxygens (including phenoxy) is 1. The minimum atomic E-state index is -0.368. The Hall–Kier alpha value is -1.99. The fourth-order valence-electron chi connectivity index (χ4n) is 2.83. The van der Waals surface area contributed by atoms with Gasteiger partial charge in [-0.2, -0.15) is 0 Å². The first-order chi connectivity index (χ1) is 12.4. The van der Waals surface area contributed by atoms with Gasteiger partial charge in [0, 0.05) is 15.9 Å². The summed E-state index contributed by atoms with van der Waals surface area (Å²) in [7, 11) is 1.57. The molecule has 3 N–H and O–H groups in total. The number of amides is 1. The minimum Gasteiger partial charge on any atom is -0.497 e. The molecule has 1 unspecified atom stereocenters. The quantitative estimate of drug-likeness (QED) is 0.749. The zero-order valence-corrected chi connectivity index (χ0v) is 17.0. The normalized spacial score (nSPS) is 19.6. The Balaban J connectivity index is 1.85. The predicted octanol–water partition coefficient (Wildman–Crippen LogP) is 4.38. The van der Waals surface area contributed by atoms with E-state index in [9.17, 15) is 4.79 Å². The summed E-state index contributed by atoms with van der Waals surface area (Å²) >= 11 is 4.99. The van der Waals surface area contributed by atoms with E-state index in [2.05, 4.69) is 33.2 Å². The molecular formula is C19H20BrN3O2S. The number of thioether (sulfide) groups is 1. The Morgan fingerprint density at radius 1 is 1.35 bits per heavy atom. The lowest BCUT2D eigenvalue weighted by Gasteiger charge is -2.30. The van der Waals surface area contributed by atoms with Crippen LogP contribution in [0.15, 0.2) is 51.9 Å². The Labute approximate surface area is 165 Å². The molecule has 1 atom stereocenters. The van der Waals surface area contributed by atoms with Crippen LogP contribution in [0.2, 0.25) is 0 Å². The highest BCUT2D eigenvalue weighted by Gasteiger charge is 2.29. The fraction of sp³-hybridized carbons (Fsp3) is 0.263. The van der Waals surface area contributed by atoms with Crippen molar-refractivity contribution in [2.45, 2.75) is 18.9 Å². The third-order valence-corrected chi connectivity index (χ3v) is 5.84. The van der Waals surface area contributed by atoms with Gasteiger partial charge < -0.3 is 15.8 Å². The van der Waals surface area contributed by atoms with Crippen molar-refractivity contribution in [1.29, 1.82) is 0 Å². The summed E-state index contributed by atoms with van der Waals surface area (Å²) in [6, 6.07) is 13.1. The summed E-state index contributed by atoms with van der Waals surface area (Å²) in [4.78, 5) is 17.3. The maximum Gasteiger partial charge on any atom is 0.256 e. The first kappa shape index (κ1) is 18.8. The van der Waals surface area contributed by atoms with E-state index in [1.54, 1.807) is 37.1 Å². The van der Waals surface area contributed by atoms with Crippen LogP contribution in [0.25, 0.3) is 0 Å². The number of nitrogens with two attached hydrogens (primary N) is 1. The number of hydrogen-bond donors (Lipinski definition) is 2. The molecule has 1 aliphatic heterocycles. The molecule has 0 bridgehead atoms. The largest absolute Gasteiger partial charge is 0.497 e. The Morgan fingerprint density at radius 2 is 2.15 bits per heavy atom. The fourth-order valence-corrected chi connectivity index (χ4v) is 4.23. The molecular weight excluding hydrogens is 414 g/mol. The summed E-state index contributed by atoms with van der Waals surface area (Å²) in [6.07, 6.45) is 0.900. The highest BCUT2D eigenvalue weighted by molar-refractivity contribution is 9.10. The Morgan fingerprint density at radius 3 is 2.88 bits per heavy atom. The minimum absolute atomic E-state index is 0.208. The first-order valence-electron chi connectivity index (χ1n) is 8.15. The number of carbonyl (C=O) groups excluding carboxylic acids is 1. The Kier molecular flexibility index (Phi) is 5.58. The standard InChI is InChI=1S/C19H20BrN3O2S/c1-19(8-9-26-18(21)23-19)12-4-3-5-13(10-12)22-17(24)15-11-14(25-2)6-7-16(15)20/h3-7,10-11H,8-9H2,1-2H3,(H2,21,23)(H,22,24). The summed E-state index contributed by atoms with van der Waals surface area (Å²) < 4.78 is 5.91. The van der Waals surface area contributed by atoms with Crippen LogP contribution in [0.3, 0.4) is 0 Å². The molecule has 0 radical (unpaired) electrons. The van der Waals surface area contributed by atoms with E-state index in [0.29, 0.717) is 21.0 Å². The van der Waals surface area contributed by atoms with Gasteiger partial charge >= 0.3 is 0 Å². The van der Waals surface area contributed by atoms with E-state index in [-0.39, 0.29) is 11.4 Å². The maximum absolute atomic E-state index is 12.7. The van der Waals surface area contributed by atoms with Gasteiger partial charge in [0.15, 0.2) is 5.17 Å². The molecule has 0 saturated carbocycles. The highest BCUT2D eigenvalue weighted by atomic mass is 79.9. The number of hydrogen-bond acceptors (Lipinski definition) is 5. The molecule has 5 nitrogen and oxygen atoms in total. The molecule has 0 aliphatic carbocycles. The molecule has 3 rings (SSSR count). The summed E-state index contributed by atoms with van der Waals surface area (Å²) in [5.74, 6) is 1.35. The molecule has 136 valence electrons. The smallest absolute Gasteiger partial charge is 0.256 e. The van der Waals surface area contributed by atoms with Gasteiger partial charge in [-0.3, -0.25) is 9.79 Å². The molecule has 0 fully saturated rings. The van der Waals surface area contributed by atoms with Crippen molar-refractivity contribution in [3.8, 4) is 5.75 Å². The first-order valence-corrected chi connectivity index (χ1v) is 9.93. The van der Waals surface area contributed by atoms with Crippen LogP contribution in [-0.2, 0) is 5.54 Å². The second kappa shape index (κ2) is 7.72. The van der Waals surface area contributed by atoms with E-state index in [4.69, 9.17) is 10.5 Å². The van der Waals surface area contributed by atoms with Crippen LogP contribution in [-0.4, -0.2) is 23.9 Å². The SMILES string of the molecule is COc1ccc(Br)c(C(=O)Nc2cccc(C3(C)CCSC(N)=N3)c2)c1. The molecule has 0 spiro atoms. The highest BCUT2D eigenvalue weighted by Crippen LogP contribution is 2.36. The van der Waals surface area contributed by atoms with Crippen LogP contribution in [0.5, 0.6) is 5.75 Å². The summed E-state index contributed by atoms with van der Waals surface area (Å²) in [5.41, 5.74) is 7.80. The number of benzene rings is 2. The lowest BCUT2D eigenvalue weighted by atomic mass is 9.89. The van der Waals surface area contributed by atoms with Crippen LogP contribution < -0.4 is 15.8 Å². The zero-order valence-electron chi connectivity index (χ0n) is 14.6. The summed E-state index contributed by atoms with van der Waals surface area (Å²) in [5, 5.41) is 3.55. The molecule has 26 heavy (non-hydrogen) atoms. The van der Waals surface area contributed by atoms with Gasteiger partial charge in [0.25, 0.3) is 5.91 Å². The van der Waals surface area contributed by atoms with Gasteiger partial charge in [-0.25, -0.2) is 0 Å². The number of nitrogens with one attached hydrogen (secondary N) is 1. The second-order valence-electron chi connectivity index (χ2n) is 6.20. The molecule has 2 aromatic carbocycles. The van der Waals surface area contributed by atoms with E-state index in [1.165, 1.54) is 0 Å². The van der Waals surface area contributed by atoms with Crippen molar-refractivity contribution in [1.82, 2.24) is 0 Å². The third kappa shape index (κ3) is 4.04. The Bertz CT molecular complexity index is 872. The number of anilines is 1. The van der Waals surface area contributed by atoms with Gasteiger partial charge in [0.2, 0.25) is 0 Å². The maximum atomic E-state index is 12.7. The van der Waals surface area contributed by atoms with Crippen LogP contribution in [0, 0.1) is 0 Å². The topological polar surface area (TPSA) is 76.7 Å². The van der Waals surface area contributed by atoms with Gasteiger partial charge in [0.1, 0.15) is 5.75 Å². The van der Waals surface area contributed by atoms with E-state index in [1.807, 2.05) is 24.3 Å². The van der Waals surface area contributed by atoms with E-state index in [0.717, 1.165) is 23.4 Å². The van der Waals surface area contributed by atoms with E-state index < -0.39 is 0 Å². The van der Waals surface area contributed by atoms with Gasteiger partial charge in [0.05, 0.1) is 18.2 Å². The lowest BCUT2D eigenvalue weighted by Crippen LogP contribution is -2.28. The molecule has 1 aliphatic rings. The number of nitrogens with zero attached hydrogens (tertiary/aromatic N) is 1. The van der Waals surface area contributed by atoms with Crippen molar-refractivity contribution < 1.29 is 9.53 Å². The van der Waals surface area contributed by atoms with Gasteiger partial charge in [-0.1, -0.05) is 23.9 Å². The molecule has 2 aromatic rings. The molecule has 7 heteroatoms. The van der Waals surface area contributed by atoms with Crippen LogP contribution >= 0.6 is 27.7 Å². The monoisotopic (exact) mass is 433 g/mol. The summed E-state index contributed by atoms with van der Waals surface area (Å²) in [6.45, 7) is 2.07. The van der Waals surface area contributed by atoms with E-state index >= 15 is 0 Å². The van der Waals surface area contributed by atoms with Gasteiger partial charge in [-0.15, -0.1) is 0 Å². The third-order valence-electron chi connectivity index (χ3n) is 4.36. The average molecular weight is 434 g/mol.